The summed E-state index contributed by atoms with van der Waals surface area (Å²) in [6, 6.07) is 7.52. The number of benzene rings is 1. The maximum atomic E-state index is 12.1. The number of hydrogen-bond acceptors (Lipinski definition) is 6. The van der Waals surface area contributed by atoms with Crippen LogP contribution in [0.3, 0.4) is 0 Å². The number of esters is 1. The van der Waals surface area contributed by atoms with E-state index in [0.717, 1.165) is 15.5 Å². The van der Waals surface area contributed by atoms with Gasteiger partial charge in [0.1, 0.15) is 0 Å². The fraction of sp³-hybridized carbons (Fsp3) is 0.412. The molecule has 3 rings (SSSR count). The minimum absolute atomic E-state index is 0.00797. The van der Waals surface area contributed by atoms with Gasteiger partial charge in [-0.15, -0.1) is 11.8 Å². The maximum absolute atomic E-state index is 12.1. The van der Waals surface area contributed by atoms with E-state index in [-0.39, 0.29) is 24.8 Å². The molecule has 1 fully saturated rings. The van der Waals surface area contributed by atoms with Gasteiger partial charge in [-0.2, -0.15) is 0 Å². The number of thioether (sulfide) groups is 1. The summed E-state index contributed by atoms with van der Waals surface area (Å²) in [5.74, 6) is -1.01. The van der Waals surface area contributed by atoms with Crippen molar-refractivity contribution < 1.29 is 23.9 Å². The Morgan fingerprint density at radius 2 is 1.96 bits per heavy atom. The number of fused-ring (bicyclic) bond motifs is 1. The number of ether oxygens (including phenoxy) is 1. The predicted molar refractivity (Wildman–Crippen MR) is 91.0 cm³/mol. The molecular formula is C17H18N2O5S. The molecule has 1 aromatic carbocycles. The highest BCUT2D eigenvalue weighted by Gasteiger charge is 2.28. The second kappa shape index (κ2) is 7.69. The van der Waals surface area contributed by atoms with Gasteiger partial charge >= 0.3 is 5.97 Å². The quantitative estimate of drug-likeness (QED) is 0.732. The maximum Gasteiger partial charge on any atom is 0.308 e. The number of carbonyl (C=O) groups is 4. The number of nitrogens with zero attached hydrogens (tertiary/aromatic N) is 2. The van der Waals surface area contributed by atoms with E-state index >= 15 is 0 Å². The molecule has 2 aliphatic heterocycles. The lowest BCUT2D eigenvalue weighted by Crippen LogP contribution is -2.38. The van der Waals surface area contributed by atoms with E-state index in [2.05, 4.69) is 0 Å². The number of likely N-dealkylation sites (tertiary alicyclic amines) is 1. The predicted octanol–water partition coefficient (Wildman–Crippen LogP) is 1.21. The summed E-state index contributed by atoms with van der Waals surface area (Å²) in [6.07, 6.45) is 0.993. The van der Waals surface area contributed by atoms with Gasteiger partial charge in [0.2, 0.25) is 11.8 Å². The van der Waals surface area contributed by atoms with Crippen molar-refractivity contribution in [3.05, 3.63) is 24.3 Å². The minimum atomic E-state index is -0.566. The Morgan fingerprint density at radius 3 is 2.72 bits per heavy atom. The lowest BCUT2D eigenvalue weighted by molar-refractivity contribution is -0.154. The molecule has 132 valence electrons. The first-order valence-corrected chi connectivity index (χ1v) is 9.06. The zero-order valence-corrected chi connectivity index (χ0v) is 14.4. The highest BCUT2D eigenvalue weighted by atomic mass is 32.2. The SMILES string of the molecule is O=C(CCN1C(=O)CSc2ccccc21)OCC(=O)N1CCCC1=O. The number of anilines is 1. The van der Waals surface area contributed by atoms with E-state index < -0.39 is 18.5 Å². The fourth-order valence-electron chi connectivity index (χ4n) is 2.81. The van der Waals surface area contributed by atoms with Crippen LogP contribution in [0.4, 0.5) is 5.69 Å². The lowest BCUT2D eigenvalue weighted by Gasteiger charge is -2.28. The smallest absolute Gasteiger partial charge is 0.308 e. The summed E-state index contributed by atoms with van der Waals surface area (Å²) < 4.78 is 4.95. The molecule has 0 bridgehead atoms. The van der Waals surface area contributed by atoms with E-state index in [1.807, 2.05) is 24.3 Å². The molecule has 0 atom stereocenters. The summed E-state index contributed by atoms with van der Waals surface area (Å²) in [5.41, 5.74) is 0.787. The highest BCUT2D eigenvalue weighted by molar-refractivity contribution is 8.00. The molecule has 1 aromatic rings. The van der Waals surface area contributed by atoms with Crippen molar-refractivity contribution in [2.45, 2.75) is 24.2 Å². The molecule has 0 saturated carbocycles. The largest absolute Gasteiger partial charge is 0.455 e. The molecule has 0 radical (unpaired) electrons. The van der Waals surface area contributed by atoms with E-state index in [9.17, 15) is 19.2 Å². The number of para-hydroxylation sites is 1. The summed E-state index contributed by atoms with van der Waals surface area (Å²) in [4.78, 5) is 51.0. The first kappa shape index (κ1) is 17.5. The molecule has 0 unspecified atom stereocenters. The third-order valence-electron chi connectivity index (χ3n) is 4.08. The molecule has 2 heterocycles. The zero-order valence-electron chi connectivity index (χ0n) is 13.6. The van der Waals surface area contributed by atoms with Crippen LogP contribution >= 0.6 is 11.8 Å². The molecule has 0 aliphatic carbocycles. The van der Waals surface area contributed by atoms with Crippen LogP contribution in [0, 0.1) is 0 Å². The van der Waals surface area contributed by atoms with Crippen molar-refractivity contribution in [1.82, 2.24) is 4.90 Å². The van der Waals surface area contributed by atoms with Crippen LogP contribution in [-0.2, 0) is 23.9 Å². The van der Waals surface area contributed by atoms with Crippen LogP contribution in [0.2, 0.25) is 0 Å². The van der Waals surface area contributed by atoms with E-state index in [0.29, 0.717) is 25.1 Å². The van der Waals surface area contributed by atoms with Crippen LogP contribution in [0.25, 0.3) is 0 Å². The molecule has 2 aliphatic rings. The standard InChI is InChI=1S/C17H18N2O5S/c20-14-6-3-8-19(14)15(21)10-24-17(23)7-9-18-12-4-1-2-5-13(12)25-11-16(18)22/h1-2,4-5H,3,6-11H2. The Balaban J connectivity index is 1.50. The average molecular weight is 362 g/mol. The normalized spacial score (nSPS) is 16.8. The van der Waals surface area contributed by atoms with Gasteiger partial charge in [-0.3, -0.25) is 24.1 Å². The lowest BCUT2D eigenvalue weighted by atomic mass is 10.2. The summed E-state index contributed by atoms with van der Waals surface area (Å²) in [7, 11) is 0. The van der Waals surface area contributed by atoms with Crippen molar-refractivity contribution >= 4 is 41.1 Å². The molecule has 3 amide bonds. The van der Waals surface area contributed by atoms with E-state index in [1.54, 1.807) is 4.90 Å². The molecule has 0 N–H and O–H groups in total. The summed E-state index contributed by atoms with van der Waals surface area (Å²) in [6.45, 7) is 0.142. The first-order valence-electron chi connectivity index (χ1n) is 8.07. The van der Waals surface area contributed by atoms with Gasteiger partial charge < -0.3 is 9.64 Å². The highest BCUT2D eigenvalue weighted by Crippen LogP contribution is 2.34. The van der Waals surface area contributed by atoms with Crippen molar-refractivity contribution in [3.8, 4) is 0 Å². The number of rotatable bonds is 5. The minimum Gasteiger partial charge on any atom is -0.455 e. The summed E-state index contributed by atoms with van der Waals surface area (Å²) >= 11 is 1.47. The molecular weight excluding hydrogens is 344 g/mol. The van der Waals surface area contributed by atoms with Gasteiger partial charge in [0.05, 0.1) is 17.9 Å². The molecule has 1 saturated heterocycles. The zero-order chi connectivity index (χ0) is 17.8. The Hall–Kier alpha value is -2.35. The number of carbonyl (C=O) groups excluding carboxylic acids is 4. The van der Waals surface area contributed by atoms with Crippen molar-refractivity contribution in [1.29, 1.82) is 0 Å². The molecule has 7 nitrogen and oxygen atoms in total. The van der Waals surface area contributed by atoms with Crippen LogP contribution in [0.15, 0.2) is 29.2 Å². The third kappa shape index (κ3) is 4.01. The number of imide groups is 1. The summed E-state index contributed by atoms with van der Waals surface area (Å²) in [5, 5.41) is 0. The van der Waals surface area contributed by atoms with Crippen LogP contribution in [-0.4, -0.2) is 54.0 Å². The van der Waals surface area contributed by atoms with Crippen molar-refractivity contribution in [2.24, 2.45) is 0 Å². The Kier molecular flexibility index (Phi) is 5.37. The van der Waals surface area contributed by atoms with E-state index in [1.165, 1.54) is 11.8 Å². The van der Waals surface area contributed by atoms with Gasteiger partial charge in [-0.05, 0) is 18.6 Å². The van der Waals surface area contributed by atoms with Crippen molar-refractivity contribution in [3.63, 3.8) is 0 Å². The Labute approximate surface area is 149 Å². The topological polar surface area (TPSA) is 84.0 Å². The average Bonchev–Trinajstić information content (AvgIpc) is 3.05. The molecule has 0 aromatic heterocycles. The Bertz CT molecular complexity index is 721. The van der Waals surface area contributed by atoms with Crippen LogP contribution in [0.1, 0.15) is 19.3 Å². The fourth-order valence-corrected chi connectivity index (χ4v) is 3.74. The van der Waals surface area contributed by atoms with Gasteiger partial charge in [0, 0.05) is 24.4 Å². The molecule has 25 heavy (non-hydrogen) atoms. The molecule has 8 heteroatoms. The monoisotopic (exact) mass is 362 g/mol. The van der Waals surface area contributed by atoms with Gasteiger partial charge in [0.25, 0.3) is 5.91 Å². The van der Waals surface area contributed by atoms with Crippen LogP contribution < -0.4 is 4.90 Å². The number of hydrogen-bond donors (Lipinski definition) is 0. The van der Waals surface area contributed by atoms with Crippen molar-refractivity contribution in [2.75, 3.05) is 30.3 Å². The molecule has 0 spiro atoms. The van der Waals surface area contributed by atoms with Gasteiger partial charge in [-0.1, -0.05) is 12.1 Å². The van der Waals surface area contributed by atoms with Crippen LogP contribution in [0.5, 0.6) is 0 Å². The second-order valence-electron chi connectivity index (χ2n) is 5.76. The first-order chi connectivity index (χ1) is 12.1. The number of amides is 3. The third-order valence-corrected chi connectivity index (χ3v) is 5.13. The van der Waals surface area contributed by atoms with Gasteiger partial charge in [-0.25, -0.2) is 0 Å². The van der Waals surface area contributed by atoms with E-state index in [4.69, 9.17) is 4.74 Å². The second-order valence-corrected chi connectivity index (χ2v) is 6.77. The Morgan fingerprint density at radius 1 is 1.16 bits per heavy atom. The van der Waals surface area contributed by atoms with Gasteiger partial charge in [0.15, 0.2) is 6.61 Å².